The van der Waals surface area contributed by atoms with E-state index in [4.69, 9.17) is 5.73 Å². The zero-order valence-electron chi connectivity index (χ0n) is 5.49. The molecule has 0 spiro atoms. The monoisotopic (exact) mass is 125 g/mol. The molecule has 0 aromatic carbocycles. The third-order valence-corrected chi connectivity index (χ3v) is 0.722. The van der Waals surface area contributed by atoms with Gasteiger partial charge in [0.15, 0.2) is 0 Å². The molecule has 0 aromatic rings. The molecule has 0 aliphatic rings. The van der Waals surface area contributed by atoms with Gasteiger partial charge in [-0.3, -0.25) is 0 Å². The molecule has 7 heavy (non-hydrogen) atoms. The molecule has 0 unspecified atom stereocenters. The summed E-state index contributed by atoms with van der Waals surface area (Å²) in [7, 11) is 0. The topological polar surface area (TPSA) is 23.8 Å². The molecule has 1 N–H and O–H groups in total. The van der Waals surface area contributed by atoms with Crippen molar-refractivity contribution < 1.29 is 51.4 Å². The average molecular weight is 125 g/mol. The summed E-state index contributed by atoms with van der Waals surface area (Å²) in [5.74, 6) is 0.711. The maximum absolute atomic E-state index is 6.73. The predicted octanol–water partition coefficient (Wildman–Crippen LogP) is -0.911. The van der Waals surface area contributed by atoms with Crippen LogP contribution in [0.15, 0.2) is 0 Å². The van der Waals surface area contributed by atoms with Crippen molar-refractivity contribution in [3.63, 3.8) is 0 Å². The molecule has 0 rings (SSSR count). The Morgan fingerprint density at radius 1 is 1.43 bits per heavy atom. The Bertz CT molecular complexity index is 29.3. The third-order valence-electron chi connectivity index (χ3n) is 0.722. The fourth-order valence-corrected chi connectivity index (χ4v) is 0.289. The number of hydrogen-bond acceptors (Lipinski definition) is 0. The number of nitrogens with one attached hydrogen (secondary N) is 1. The largest absolute Gasteiger partial charge is 1.00 e. The second kappa shape index (κ2) is 7.60. The first-order valence-corrected chi connectivity index (χ1v) is 2.42. The van der Waals surface area contributed by atoms with Crippen LogP contribution in [0.1, 0.15) is 20.3 Å². The Morgan fingerprint density at radius 3 is 1.86 bits per heavy atom. The first-order valence-electron chi connectivity index (χ1n) is 2.42. The molecule has 0 aliphatic heterocycles. The maximum atomic E-state index is 6.73. The first kappa shape index (κ1) is 11.4. The molecule has 2 heteroatoms. The fourth-order valence-electron chi connectivity index (χ4n) is 0.289. The van der Waals surface area contributed by atoms with Crippen LogP contribution < -0.4 is 51.4 Å². The molecule has 0 saturated heterocycles. The van der Waals surface area contributed by atoms with Crippen molar-refractivity contribution in [2.24, 2.45) is 5.92 Å². The first-order chi connectivity index (χ1) is 2.77. The molecular weight excluding hydrogens is 113 g/mol. The van der Waals surface area contributed by atoms with Gasteiger partial charge in [0.25, 0.3) is 0 Å². The molecule has 0 bridgehead atoms. The van der Waals surface area contributed by atoms with E-state index < -0.39 is 0 Å². The Morgan fingerprint density at radius 2 is 1.86 bits per heavy atom. The van der Waals surface area contributed by atoms with E-state index in [-0.39, 0.29) is 51.4 Å². The molecule has 0 atom stereocenters. The van der Waals surface area contributed by atoms with Crippen LogP contribution in [0.25, 0.3) is 5.73 Å². The van der Waals surface area contributed by atoms with Gasteiger partial charge in [0, 0.05) is 0 Å². The van der Waals surface area contributed by atoms with Crippen molar-refractivity contribution in [1.82, 2.24) is 0 Å². The van der Waals surface area contributed by atoms with Gasteiger partial charge in [0.2, 0.25) is 0 Å². The van der Waals surface area contributed by atoms with Gasteiger partial charge in [0.05, 0.1) is 0 Å². The Kier molecular flexibility index (Phi) is 12.4. The van der Waals surface area contributed by atoms with Crippen LogP contribution in [0.3, 0.4) is 0 Å². The van der Waals surface area contributed by atoms with Crippen molar-refractivity contribution in [2.75, 3.05) is 6.54 Å². The summed E-state index contributed by atoms with van der Waals surface area (Å²) in [4.78, 5) is 0. The van der Waals surface area contributed by atoms with Gasteiger partial charge in [0.1, 0.15) is 0 Å². The minimum atomic E-state index is 0. The average Bonchev–Trinajstić information content (AvgIpc) is 1.35. The standard InChI is InChI=1S/C5H12N.K/c1-5(2)3-4-6;/h5-6H,3-4H2,1-2H3;/q-1;+1. The smallest absolute Gasteiger partial charge is 0.677 e. The number of hydrogen-bond donors (Lipinski definition) is 0. The van der Waals surface area contributed by atoms with Crippen LogP contribution in [0.5, 0.6) is 0 Å². The van der Waals surface area contributed by atoms with Crippen molar-refractivity contribution in [1.29, 1.82) is 0 Å². The summed E-state index contributed by atoms with van der Waals surface area (Å²) in [5, 5.41) is 0. The molecule has 38 valence electrons. The molecule has 0 aromatic heterocycles. The van der Waals surface area contributed by atoms with Crippen LogP contribution in [0.2, 0.25) is 0 Å². The molecule has 0 aliphatic carbocycles. The summed E-state index contributed by atoms with van der Waals surface area (Å²) in [6, 6.07) is 0. The van der Waals surface area contributed by atoms with Crippen LogP contribution in [0.4, 0.5) is 0 Å². The summed E-state index contributed by atoms with van der Waals surface area (Å²) < 4.78 is 0. The summed E-state index contributed by atoms with van der Waals surface area (Å²) in [5.41, 5.74) is 6.73. The van der Waals surface area contributed by atoms with Gasteiger partial charge in [-0.15, -0.1) is 0 Å². The Balaban J connectivity index is 0. The van der Waals surface area contributed by atoms with Gasteiger partial charge in [-0.25, -0.2) is 0 Å². The van der Waals surface area contributed by atoms with E-state index in [0.717, 1.165) is 6.42 Å². The van der Waals surface area contributed by atoms with E-state index in [1.165, 1.54) is 0 Å². The summed E-state index contributed by atoms with van der Waals surface area (Å²) >= 11 is 0. The molecule has 0 saturated carbocycles. The molecule has 0 amide bonds. The van der Waals surface area contributed by atoms with Gasteiger partial charge in [-0.1, -0.05) is 20.3 Å². The van der Waals surface area contributed by atoms with Gasteiger partial charge >= 0.3 is 51.4 Å². The number of rotatable bonds is 2. The minimum absolute atomic E-state index is 0. The predicted molar refractivity (Wildman–Crippen MR) is 28.6 cm³/mol. The van der Waals surface area contributed by atoms with Crippen LogP contribution in [-0.4, -0.2) is 6.54 Å². The van der Waals surface area contributed by atoms with E-state index in [1.54, 1.807) is 0 Å². The third kappa shape index (κ3) is 11.3. The zero-order chi connectivity index (χ0) is 4.99. The molecule has 0 fully saturated rings. The second-order valence-corrected chi connectivity index (χ2v) is 1.93. The fraction of sp³-hybridized carbons (Fsp3) is 1.00. The van der Waals surface area contributed by atoms with E-state index in [0.29, 0.717) is 12.5 Å². The summed E-state index contributed by atoms with van der Waals surface area (Å²) in [6.45, 7) is 4.85. The van der Waals surface area contributed by atoms with Crippen molar-refractivity contribution in [3.8, 4) is 0 Å². The molecular formula is C5H12KN. The van der Waals surface area contributed by atoms with E-state index >= 15 is 0 Å². The van der Waals surface area contributed by atoms with E-state index in [2.05, 4.69) is 13.8 Å². The van der Waals surface area contributed by atoms with Gasteiger partial charge in [-0.05, 0) is 5.92 Å². The molecule has 1 nitrogen and oxygen atoms in total. The SMILES string of the molecule is CC(C)CC[NH-].[K+]. The Labute approximate surface area is 88.5 Å². The van der Waals surface area contributed by atoms with Gasteiger partial charge in [-0.2, -0.15) is 6.54 Å². The normalized spacial score (nSPS) is 8.57. The Hall–Kier alpha value is 1.60. The molecule has 0 heterocycles. The van der Waals surface area contributed by atoms with E-state index in [1.807, 2.05) is 0 Å². The molecule has 0 radical (unpaired) electrons. The minimum Gasteiger partial charge on any atom is -0.677 e. The maximum Gasteiger partial charge on any atom is 1.00 e. The van der Waals surface area contributed by atoms with Crippen molar-refractivity contribution in [3.05, 3.63) is 5.73 Å². The van der Waals surface area contributed by atoms with Crippen LogP contribution >= 0.6 is 0 Å². The second-order valence-electron chi connectivity index (χ2n) is 1.93. The van der Waals surface area contributed by atoms with Crippen LogP contribution in [0, 0.1) is 5.92 Å². The summed E-state index contributed by atoms with van der Waals surface area (Å²) in [6.07, 6.45) is 1.04. The van der Waals surface area contributed by atoms with Gasteiger partial charge < -0.3 is 5.73 Å². The van der Waals surface area contributed by atoms with Crippen molar-refractivity contribution in [2.45, 2.75) is 20.3 Å². The zero-order valence-corrected chi connectivity index (χ0v) is 8.61. The van der Waals surface area contributed by atoms with Crippen molar-refractivity contribution >= 4 is 0 Å². The quantitative estimate of drug-likeness (QED) is 0.427. The van der Waals surface area contributed by atoms with Crippen LogP contribution in [-0.2, 0) is 0 Å². The van der Waals surface area contributed by atoms with E-state index in [9.17, 15) is 0 Å².